The van der Waals surface area contributed by atoms with Crippen molar-refractivity contribution < 1.29 is 22.4 Å². The van der Waals surface area contributed by atoms with E-state index in [-0.39, 0.29) is 12.5 Å². The SMILES string of the molecule is Cn1cc(-c2c[nH+]c3[nH]ccc3n2)c2cc(C(=O)NC(C)(C)COS(C)(=O)=O)ccc21. The number of carbonyl (C=O) groups excluding carboxylic acids is 1. The monoisotopic (exact) mass is 442 g/mol. The molecule has 0 bridgehead atoms. The minimum absolute atomic E-state index is 0.160. The van der Waals surface area contributed by atoms with Crippen LogP contribution >= 0.6 is 0 Å². The summed E-state index contributed by atoms with van der Waals surface area (Å²) >= 11 is 0. The zero-order valence-electron chi connectivity index (χ0n) is 17.7. The Labute approximate surface area is 179 Å². The summed E-state index contributed by atoms with van der Waals surface area (Å²) in [5.74, 6) is -0.320. The number of benzene rings is 1. The molecule has 4 rings (SSSR count). The van der Waals surface area contributed by atoms with Crippen LogP contribution in [0.2, 0.25) is 0 Å². The maximum absolute atomic E-state index is 12.9. The van der Waals surface area contributed by atoms with Crippen LogP contribution in [0.4, 0.5) is 0 Å². The third-order valence-electron chi connectivity index (χ3n) is 4.93. The first-order valence-electron chi connectivity index (χ1n) is 9.65. The van der Waals surface area contributed by atoms with Gasteiger partial charge in [-0.3, -0.25) is 8.98 Å². The maximum Gasteiger partial charge on any atom is 0.303 e. The van der Waals surface area contributed by atoms with E-state index in [1.165, 1.54) is 0 Å². The molecular weight excluding hydrogens is 418 g/mol. The van der Waals surface area contributed by atoms with Crippen LogP contribution in [0.5, 0.6) is 0 Å². The molecule has 0 aliphatic rings. The second-order valence-electron chi connectivity index (χ2n) is 8.21. The molecule has 10 heteroatoms. The molecule has 4 aromatic rings. The number of carbonyl (C=O) groups is 1. The molecule has 3 heterocycles. The Morgan fingerprint density at radius 2 is 2.10 bits per heavy atom. The van der Waals surface area contributed by atoms with Crippen LogP contribution in [-0.2, 0) is 21.3 Å². The van der Waals surface area contributed by atoms with E-state index in [2.05, 4.69) is 15.3 Å². The van der Waals surface area contributed by atoms with Crippen LogP contribution in [0.25, 0.3) is 33.3 Å². The van der Waals surface area contributed by atoms with Crippen molar-refractivity contribution in [2.24, 2.45) is 7.05 Å². The van der Waals surface area contributed by atoms with Crippen LogP contribution in [0.3, 0.4) is 0 Å². The summed E-state index contributed by atoms with van der Waals surface area (Å²) in [6.07, 6.45) is 6.60. The fourth-order valence-electron chi connectivity index (χ4n) is 3.42. The van der Waals surface area contributed by atoms with Crippen molar-refractivity contribution in [3.8, 4) is 11.3 Å². The van der Waals surface area contributed by atoms with Gasteiger partial charge in [0.05, 0.1) is 24.6 Å². The smallest absolute Gasteiger partial charge is 0.303 e. The number of amides is 1. The lowest BCUT2D eigenvalue weighted by Crippen LogP contribution is -2.47. The van der Waals surface area contributed by atoms with Crippen LogP contribution in [0.15, 0.2) is 42.9 Å². The molecule has 0 saturated carbocycles. The van der Waals surface area contributed by atoms with Gasteiger partial charge in [0, 0.05) is 41.3 Å². The average Bonchev–Trinajstić information content (AvgIpc) is 3.29. The number of aromatic amines is 2. The first kappa shape index (κ1) is 21.0. The number of nitrogens with one attached hydrogen (secondary N) is 3. The van der Waals surface area contributed by atoms with E-state index >= 15 is 0 Å². The van der Waals surface area contributed by atoms with Gasteiger partial charge in [0.15, 0.2) is 5.52 Å². The zero-order valence-corrected chi connectivity index (χ0v) is 18.5. The average molecular weight is 443 g/mol. The second kappa shape index (κ2) is 7.47. The number of rotatable bonds is 6. The molecule has 0 aliphatic carbocycles. The summed E-state index contributed by atoms with van der Waals surface area (Å²) in [6.45, 7) is 3.25. The molecule has 0 aliphatic heterocycles. The molecule has 0 fully saturated rings. The van der Waals surface area contributed by atoms with E-state index in [4.69, 9.17) is 9.17 Å². The predicted molar refractivity (Wildman–Crippen MR) is 117 cm³/mol. The number of H-pyrrole nitrogens is 2. The van der Waals surface area contributed by atoms with Gasteiger partial charge in [-0.05, 0) is 32.0 Å². The largest absolute Gasteiger partial charge is 0.350 e. The highest BCUT2D eigenvalue weighted by atomic mass is 32.2. The molecule has 31 heavy (non-hydrogen) atoms. The van der Waals surface area contributed by atoms with Gasteiger partial charge in [0.25, 0.3) is 16.0 Å². The van der Waals surface area contributed by atoms with Gasteiger partial charge in [0.1, 0.15) is 11.9 Å². The summed E-state index contributed by atoms with van der Waals surface area (Å²) in [7, 11) is -1.66. The third-order valence-corrected chi connectivity index (χ3v) is 5.48. The number of aromatic nitrogens is 4. The number of nitrogens with zero attached hydrogens (tertiary/aromatic N) is 2. The van der Waals surface area contributed by atoms with Gasteiger partial charge in [-0.2, -0.15) is 8.42 Å². The van der Waals surface area contributed by atoms with Gasteiger partial charge in [-0.25, -0.2) is 15.0 Å². The van der Waals surface area contributed by atoms with E-state index < -0.39 is 15.7 Å². The molecule has 9 nitrogen and oxygen atoms in total. The molecule has 3 aromatic heterocycles. The molecule has 162 valence electrons. The Kier molecular flexibility index (Phi) is 5.06. The summed E-state index contributed by atoms with van der Waals surface area (Å²) < 4.78 is 29.4. The lowest BCUT2D eigenvalue weighted by Gasteiger charge is -2.25. The van der Waals surface area contributed by atoms with Crippen molar-refractivity contribution in [3.05, 3.63) is 48.4 Å². The highest BCUT2D eigenvalue weighted by Crippen LogP contribution is 2.30. The molecule has 0 saturated heterocycles. The van der Waals surface area contributed by atoms with Crippen LogP contribution < -0.4 is 10.3 Å². The van der Waals surface area contributed by atoms with Crippen LogP contribution in [0, 0.1) is 0 Å². The Hall–Kier alpha value is -3.24. The molecular formula is C21H24N5O4S+. The van der Waals surface area contributed by atoms with E-state index in [9.17, 15) is 13.2 Å². The van der Waals surface area contributed by atoms with Gasteiger partial charge in [-0.15, -0.1) is 0 Å². The van der Waals surface area contributed by atoms with E-state index in [1.807, 2.05) is 48.4 Å². The molecule has 1 amide bonds. The minimum Gasteiger partial charge on any atom is -0.350 e. The van der Waals surface area contributed by atoms with Gasteiger partial charge in [0.2, 0.25) is 0 Å². The Bertz CT molecular complexity index is 1400. The normalized spacial score (nSPS) is 12.5. The molecule has 0 spiro atoms. The van der Waals surface area contributed by atoms with Crippen LogP contribution in [0.1, 0.15) is 24.2 Å². The quantitative estimate of drug-likeness (QED) is 0.443. The minimum atomic E-state index is -3.60. The number of hydrogen-bond donors (Lipinski definition) is 2. The Balaban J connectivity index is 1.67. The lowest BCUT2D eigenvalue weighted by molar-refractivity contribution is -0.347. The predicted octanol–water partition coefficient (Wildman–Crippen LogP) is 2.02. The van der Waals surface area contributed by atoms with E-state index in [0.29, 0.717) is 5.56 Å². The summed E-state index contributed by atoms with van der Waals surface area (Å²) in [6, 6.07) is 7.33. The third kappa shape index (κ3) is 4.44. The summed E-state index contributed by atoms with van der Waals surface area (Å²) in [5.41, 5.74) is 3.85. The Morgan fingerprint density at radius 3 is 2.84 bits per heavy atom. The standard InChI is InChI=1S/C21H23N5O4S/c1-21(2,12-30-31(4,28)29)25-20(27)13-5-6-18-14(9-13)15(11-26(18)3)17-10-23-19-16(24-17)7-8-22-19/h5-11H,12H2,1-4H3,(H,22,23)(H,25,27)/p+1. The lowest BCUT2D eigenvalue weighted by atomic mass is 10.0. The molecule has 1 aromatic carbocycles. The first-order chi connectivity index (χ1) is 14.5. The fourth-order valence-corrected chi connectivity index (χ4v) is 3.93. The maximum atomic E-state index is 12.9. The van der Waals surface area contributed by atoms with Crippen molar-refractivity contribution in [1.29, 1.82) is 0 Å². The number of fused-ring (bicyclic) bond motifs is 2. The summed E-state index contributed by atoms with van der Waals surface area (Å²) in [5, 5.41) is 3.72. The van der Waals surface area contributed by atoms with Crippen molar-refractivity contribution in [2.75, 3.05) is 12.9 Å². The van der Waals surface area contributed by atoms with Gasteiger partial charge in [-0.1, -0.05) is 0 Å². The second-order valence-corrected chi connectivity index (χ2v) is 9.86. The van der Waals surface area contributed by atoms with Gasteiger partial charge < -0.3 is 9.88 Å². The fraction of sp³-hybridized carbons (Fsp3) is 0.286. The zero-order chi connectivity index (χ0) is 22.4. The van der Waals surface area contributed by atoms with Crippen molar-refractivity contribution >= 4 is 38.1 Å². The first-order valence-corrected chi connectivity index (χ1v) is 11.5. The highest BCUT2D eigenvalue weighted by Gasteiger charge is 2.24. The van der Waals surface area contributed by atoms with Crippen LogP contribution in [-0.4, -0.2) is 47.3 Å². The van der Waals surface area contributed by atoms with Crippen molar-refractivity contribution in [1.82, 2.24) is 19.9 Å². The Morgan fingerprint density at radius 1 is 1.32 bits per heavy atom. The number of aryl methyl sites for hydroxylation is 1. The van der Waals surface area contributed by atoms with Crippen molar-refractivity contribution in [2.45, 2.75) is 19.4 Å². The van der Waals surface area contributed by atoms with E-state index in [0.717, 1.165) is 39.6 Å². The highest BCUT2D eigenvalue weighted by molar-refractivity contribution is 7.85. The number of hydrogen-bond acceptors (Lipinski definition) is 5. The van der Waals surface area contributed by atoms with E-state index in [1.54, 1.807) is 19.9 Å². The topological polar surface area (TPSA) is 120 Å². The van der Waals surface area contributed by atoms with Crippen molar-refractivity contribution in [3.63, 3.8) is 0 Å². The molecule has 0 radical (unpaired) electrons. The summed E-state index contributed by atoms with van der Waals surface area (Å²) in [4.78, 5) is 23.9. The molecule has 0 unspecified atom stereocenters. The molecule has 0 atom stereocenters. The van der Waals surface area contributed by atoms with Gasteiger partial charge >= 0.3 is 5.65 Å². The molecule has 3 N–H and O–H groups in total.